The number of alkyl halides is 1. The second kappa shape index (κ2) is 6.03. The van der Waals surface area contributed by atoms with Gasteiger partial charge in [0.05, 0.1) is 0 Å². The molecular weight excluding hydrogens is 363 g/mol. The maximum atomic E-state index is 6.17. The van der Waals surface area contributed by atoms with Gasteiger partial charge in [-0.25, -0.2) is 0 Å². The maximum Gasteiger partial charge on any atom is 0.0450 e. The zero-order valence-corrected chi connectivity index (χ0v) is 13.0. The van der Waals surface area contributed by atoms with Crippen molar-refractivity contribution in [3.8, 4) is 0 Å². The number of hydrogen-bond donors (Lipinski definition) is 0. The zero-order valence-electron chi connectivity index (χ0n) is 9.04. The summed E-state index contributed by atoms with van der Waals surface area (Å²) in [6, 6.07) is 16.3. The van der Waals surface area contributed by atoms with Crippen LogP contribution in [0.3, 0.4) is 0 Å². The molecule has 88 valence electrons. The molecule has 1 atom stereocenters. The van der Waals surface area contributed by atoms with Gasteiger partial charge in [-0.3, -0.25) is 0 Å². The van der Waals surface area contributed by atoms with E-state index >= 15 is 0 Å². The van der Waals surface area contributed by atoms with E-state index in [9.17, 15) is 0 Å². The van der Waals surface area contributed by atoms with Crippen LogP contribution in [0.2, 0.25) is 5.02 Å². The molecule has 0 heterocycles. The first kappa shape index (κ1) is 13.1. The maximum absolute atomic E-state index is 6.17. The van der Waals surface area contributed by atoms with E-state index < -0.39 is 0 Å². The van der Waals surface area contributed by atoms with Crippen molar-refractivity contribution in [1.82, 2.24) is 0 Å². The quantitative estimate of drug-likeness (QED) is 0.597. The van der Waals surface area contributed by atoms with Crippen molar-refractivity contribution in [2.24, 2.45) is 0 Å². The number of rotatable bonds is 3. The first-order valence-electron chi connectivity index (χ1n) is 5.30. The van der Waals surface area contributed by atoms with Crippen LogP contribution in [0.5, 0.6) is 0 Å². The van der Waals surface area contributed by atoms with Gasteiger partial charge in [0.2, 0.25) is 0 Å². The van der Waals surface area contributed by atoms with E-state index in [2.05, 4.69) is 62.2 Å². The fourth-order valence-electron chi connectivity index (χ4n) is 1.67. The van der Waals surface area contributed by atoms with Crippen molar-refractivity contribution in [3.05, 3.63) is 69.2 Å². The summed E-state index contributed by atoms with van der Waals surface area (Å²) in [6.45, 7) is 0. The predicted octanol–water partition coefficient (Wildman–Crippen LogP) is 5.78. The smallest absolute Gasteiger partial charge is 0.0450 e. The third kappa shape index (κ3) is 3.57. The van der Waals surface area contributed by atoms with E-state index in [0.717, 1.165) is 21.5 Å². The van der Waals surface area contributed by atoms with Crippen LogP contribution in [-0.2, 0) is 6.42 Å². The Morgan fingerprint density at radius 1 is 1.00 bits per heavy atom. The lowest BCUT2D eigenvalue weighted by molar-refractivity contribution is 0.949. The average molecular weight is 375 g/mol. The molecule has 0 aliphatic heterocycles. The van der Waals surface area contributed by atoms with Crippen molar-refractivity contribution in [2.45, 2.75) is 11.2 Å². The van der Waals surface area contributed by atoms with Gasteiger partial charge < -0.3 is 0 Å². The van der Waals surface area contributed by atoms with Crippen molar-refractivity contribution >= 4 is 43.5 Å². The third-order valence-corrected chi connectivity index (χ3v) is 4.26. The molecule has 1 unspecified atom stereocenters. The first-order valence-corrected chi connectivity index (χ1v) is 7.38. The fraction of sp³-hybridized carbons (Fsp3) is 0.143. The molecular formula is C14H11Br2Cl. The molecule has 3 heteroatoms. The molecule has 2 rings (SSSR count). The van der Waals surface area contributed by atoms with Gasteiger partial charge in [0.1, 0.15) is 0 Å². The Labute approximate surface area is 123 Å². The summed E-state index contributed by atoms with van der Waals surface area (Å²) in [7, 11) is 0. The molecule has 0 saturated carbocycles. The second-order valence-corrected chi connectivity index (χ2v) is 6.25. The van der Waals surface area contributed by atoms with Gasteiger partial charge in [0.25, 0.3) is 0 Å². The van der Waals surface area contributed by atoms with Gasteiger partial charge in [-0.1, -0.05) is 73.8 Å². The molecule has 0 fully saturated rings. The predicted molar refractivity (Wildman–Crippen MR) is 81.0 cm³/mol. The van der Waals surface area contributed by atoms with Crippen molar-refractivity contribution in [1.29, 1.82) is 0 Å². The van der Waals surface area contributed by atoms with Crippen LogP contribution in [0.4, 0.5) is 0 Å². The molecule has 0 aliphatic carbocycles. The standard InChI is InChI=1S/C14H11Br2Cl/c15-11-7-5-10(6-8-11)9-13(16)12-3-1-2-4-14(12)17/h1-8,13H,9H2. The Bertz CT molecular complexity index is 494. The van der Waals surface area contributed by atoms with Crippen LogP contribution in [0.25, 0.3) is 0 Å². The molecule has 0 bridgehead atoms. The molecule has 0 radical (unpaired) electrons. The normalized spacial score (nSPS) is 12.4. The van der Waals surface area contributed by atoms with Gasteiger partial charge in [-0.2, -0.15) is 0 Å². The first-order chi connectivity index (χ1) is 8.16. The summed E-state index contributed by atoms with van der Waals surface area (Å²) >= 11 is 13.3. The van der Waals surface area contributed by atoms with Gasteiger partial charge in [0, 0.05) is 14.3 Å². The lowest BCUT2D eigenvalue weighted by Gasteiger charge is -2.12. The van der Waals surface area contributed by atoms with Gasteiger partial charge >= 0.3 is 0 Å². The molecule has 0 aromatic heterocycles. The highest BCUT2D eigenvalue weighted by Crippen LogP contribution is 2.32. The summed E-state index contributed by atoms with van der Waals surface area (Å²) in [5.41, 5.74) is 2.42. The van der Waals surface area contributed by atoms with E-state index in [1.54, 1.807) is 0 Å². The monoisotopic (exact) mass is 372 g/mol. The Balaban J connectivity index is 2.14. The molecule has 0 N–H and O–H groups in total. The van der Waals surface area contributed by atoms with Crippen LogP contribution >= 0.6 is 43.5 Å². The highest BCUT2D eigenvalue weighted by atomic mass is 79.9. The number of hydrogen-bond acceptors (Lipinski definition) is 0. The average Bonchev–Trinajstić information content (AvgIpc) is 2.32. The summed E-state index contributed by atoms with van der Waals surface area (Å²) < 4.78 is 1.10. The molecule has 0 saturated heterocycles. The SMILES string of the molecule is Clc1ccccc1C(Br)Cc1ccc(Br)cc1. The van der Waals surface area contributed by atoms with E-state index in [0.29, 0.717) is 0 Å². The Kier molecular flexibility index (Phi) is 4.66. The molecule has 0 spiro atoms. The summed E-state index contributed by atoms with van der Waals surface area (Å²) in [6.07, 6.45) is 0.928. The van der Waals surface area contributed by atoms with Crippen molar-refractivity contribution in [3.63, 3.8) is 0 Å². The third-order valence-electron chi connectivity index (χ3n) is 2.57. The summed E-state index contributed by atoms with van der Waals surface area (Å²) in [5.74, 6) is 0. The highest BCUT2D eigenvalue weighted by molar-refractivity contribution is 9.10. The molecule has 17 heavy (non-hydrogen) atoms. The fourth-order valence-corrected chi connectivity index (χ4v) is 3.10. The Hall–Kier alpha value is -0.310. The lowest BCUT2D eigenvalue weighted by atomic mass is 10.0. The minimum absolute atomic E-state index is 0.248. The Morgan fingerprint density at radius 3 is 2.29 bits per heavy atom. The number of halogens is 3. The zero-order chi connectivity index (χ0) is 12.3. The van der Waals surface area contributed by atoms with E-state index in [-0.39, 0.29) is 4.83 Å². The highest BCUT2D eigenvalue weighted by Gasteiger charge is 2.11. The molecule has 0 nitrogen and oxygen atoms in total. The largest absolute Gasteiger partial charge is 0.0840 e. The topological polar surface area (TPSA) is 0 Å². The van der Waals surface area contributed by atoms with E-state index in [1.165, 1.54) is 5.56 Å². The minimum atomic E-state index is 0.248. The van der Waals surface area contributed by atoms with Crippen molar-refractivity contribution in [2.75, 3.05) is 0 Å². The van der Waals surface area contributed by atoms with Gasteiger partial charge in [-0.15, -0.1) is 0 Å². The van der Waals surface area contributed by atoms with Crippen LogP contribution in [0.1, 0.15) is 16.0 Å². The van der Waals surface area contributed by atoms with Gasteiger partial charge in [0.15, 0.2) is 0 Å². The lowest BCUT2D eigenvalue weighted by Crippen LogP contribution is -1.96. The van der Waals surface area contributed by atoms with Gasteiger partial charge in [-0.05, 0) is 35.7 Å². The Morgan fingerprint density at radius 2 is 1.65 bits per heavy atom. The molecule has 2 aromatic rings. The molecule has 2 aromatic carbocycles. The van der Waals surface area contributed by atoms with Crippen molar-refractivity contribution < 1.29 is 0 Å². The number of benzene rings is 2. The van der Waals surface area contributed by atoms with E-state index in [4.69, 9.17) is 11.6 Å². The van der Waals surface area contributed by atoms with Crippen LogP contribution < -0.4 is 0 Å². The second-order valence-electron chi connectivity index (χ2n) is 3.82. The van der Waals surface area contributed by atoms with Crippen LogP contribution in [0.15, 0.2) is 53.0 Å². The van der Waals surface area contributed by atoms with E-state index in [1.807, 2.05) is 18.2 Å². The summed E-state index contributed by atoms with van der Waals surface area (Å²) in [4.78, 5) is 0.248. The molecule has 0 amide bonds. The summed E-state index contributed by atoms with van der Waals surface area (Å²) in [5, 5.41) is 0.812. The van der Waals surface area contributed by atoms with Crippen LogP contribution in [0, 0.1) is 0 Å². The molecule has 0 aliphatic rings. The van der Waals surface area contributed by atoms with Crippen LogP contribution in [-0.4, -0.2) is 0 Å². The minimum Gasteiger partial charge on any atom is -0.0840 e.